The average molecular weight is 191 g/mol. The van der Waals surface area contributed by atoms with Gasteiger partial charge in [-0.05, 0) is 19.3 Å². The van der Waals surface area contributed by atoms with Gasteiger partial charge in [-0.25, -0.2) is 0 Å². The molecule has 0 unspecified atom stereocenters. The maximum Gasteiger partial charge on any atom is 0.0701 e. The molecule has 3 N–H and O–H groups in total. The Labute approximate surface area is 80.0 Å². The third kappa shape index (κ3) is 11.8. The van der Waals surface area contributed by atoms with E-state index in [-0.39, 0.29) is 6.61 Å². The molecule has 4 heteroatoms. The molecular weight excluding hydrogens is 170 g/mol. The van der Waals surface area contributed by atoms with Gasteiger partial charge in [0, 0.05) is 19.8 Å². The molecule has 80 valence electrons. The smallest absolute Gasteiger partial charge is 0.0701 e. The van der Waals surface area contributed by atoms with Crippen LogP contribution in [-0.2, 0) is 9.47 Å². The molecule has 13 heavy (non-hydrogen) atoms. The van der Waals surface area contributed by atoms with Crippen molar-refractivity contribution in [3.05, 3.63) is 0 Å². The first-order valence-corrected chi connectivity index (χ1v) is 4.88. The summed E-state index contributed by atoms with van der Waals surface area (Å²) in [7, 11) is 0. The lowest BCUT2D eigenvalue weighted by Gasteiger charge is -2.04. The van der Waals surface area contributed by atoms with Crippen LogP contribution in [0.25, 0.3) is 0 Å². The normalized spacial score (nSPS) is 10.6. The van der Waals surface area contributed by atoms with Gasteiger partial charge >= 0.3 is 0 Å². The van der Waals surface area contributed by atoms with Crippen molar-refractivity contribution in [2.45, 2.75) is 19.3 Å². The lowest BCUT2D eigenvalue weighted by Crippen LogP contribution is -2.12. The van der Waals surface area contributed by atoms with Crippen LogP contribution in [0.4, 0.5) is 0 Å². The van der Waals surface area contributed by atoms with E-state index >= 15 is 0 Å². The van der Waals surface area contributed by atoms with Crippen molar-refractivity contribution in [2.24, 2.45) is 5.73 Å². The molecule has 0 fully saturated rings. The van der Waals surface area contributed by atoms with Gasteiger partial charge in [-0.3, -0.25) is 0 Å². The van der Waals surface area contributed by atoms with E-state index in [1.807, 2.05) is 0 Å². The van der Waals surface area contributed by atoms with Gasteiger partial charge in [0.25, 0.3) is 0 Å². The van der Waals surface area contributed by atoms with E-state index in [0.717, 1.165) is 25.9 Å². The average Bonchev–Trinajstić information content (AvgIpc) is 2.16. The largest absolute Gasteiger partial charge is 0.396 e. The number of unbranched alkanes of at least 4 members (excludes halogenated alkanes) is 2. The van der Waals surface area contributed by atoms with Gasteiger partial charge in [0.2, 0.25) is 0 Å². The summed E-state index contributed by atoms with van der Waals surface area (Å²) in [6.45, 7) is 3.46. The highest BCUT2D eigenvalue weighted by Gasteiger charge is 1.90. The minimum Gasteiger partial charge on any atom is -0.396 e. The van der Waals surface area contributed by atoms with Gasteiger partial charge in [-0.15, -0.1) is 0 Å². The van der Waals surface area contributed by atoms with Crippen molar-refractivity contribution in [3.8, 4) is 0 Å². The monoisotopic (exact) mass is 191 g/mol. The predicted octanol–water partition coefficient (Wildman–Crippen LogP) is 0.141. The first-order chi connectivity index (χ1) is 6.41. The molecule has 0 aliphatic heterocycles. The number of ether oxygens (including phenoxy) is 2. The summed E-state index contributed by atoms with van der Waals surface area (Å²) in [4.78, 5) is 0. The highest BCUT2D eigenvalue weighted by atomic mass is 16.5. The summed E-state index contributed by atoms with van der Waals surface area (Å²) in [5, 5.41) is 8.49. The number of aliphatic hydroxyl groups excluding tert-OH is 1. The molecule has 0 bridgehead atoms. The topological polar surface area (TPSA) is 64.7 Å². The standard InChI is InChI=1S/C9H21NO3/c10-4-7-13-9-8-12-6-3-1-2-5-11/h11H,1-10H2. The van der Waals surface area contributed by atoms with Crippen LogP contribution >= 0.6 is 0 Å². The Morgan fingerprint density at radius 3 is 2.15 bits per heavy atom. The lowest BCUT2D eigenvalue weighted by molar-refractivity contribution is 0.0489. The van der Waals surface area contributed by atoms with E-state index < -0.39 is 0 Å². The van der Waals surface area contributed by atoms with Gasteiger partial charge < -0.3 is 20.3 Å². The highest BCUT2D eigenvalue weighted by Crippen LogP contribution is 1.94. The summed E-state index contributed by atoms with van der Waals surface area (Å²) in [6, 6.07) is 0. The minimum absolute atomic E-state index is 0.277. The molecule has 0 aliphatic carbocycles. The van der Waals surface area contributed by atoms with Crippen molar-refractivity contribution in [1.29, 1.82) is 0 Å². The van der Waals surface area contributed by atoms with E-state index in [0.29, 0.717) is 26.4 Å². The summed E-state index contributed by atoms with van der Waals surface area (Å²) < 4.78 is 10.4. The fourth-order valence-corrected chi connectivity index (χ4v) is 0.898. The fourth-order valence-electron chi connectivity index (χ4n) is 0.898. The molecule has 0 rings (SSSR count). The van der Waals surface area contributed by atoms with Gasteiger partial charge in [0.1, 0.15) is 0 Å². The molecular formula is C9H21NO3. The molecule has 0 saturated heterocycles. The Morgan fingerprint density at radius 1 is 0.846 bits per heavy atom. The van der Waals surface area contributed by atoms with Crippen LogP contribution in [0.2, 0.25) is 0 Å². The summed E-state index contributed by atoms with van der Waals surface area (Å²) in [5.74, 6) is 0. The van der Waals surface area contributed by atoms with Gasteiger partial charge in [-0.1, -0.05) is 0 Å². The van der Waals surface area contributed by atoms with E-state index in [1.54, 1.807) is 0 Å². The Bertz CT molecular complexity index is 80.9. The maximum absolute atomic E-state index is 8.49. The van der Waals surface area contributed by atoms with Crippen molar-refractivity contribution < 1.29 is 14.6 Å². The quantitative estimate of drug-likeness (QED) is 0.482. The van der Waals surface area contributed by atoms with Crippen molar-refractivity contribution in [1.82, 2.24) is 0 Å². The van der Waals surface area contributed by atoms with Crippen LogP contribution in [0.1, 0.15) is 19.3 Å². The van der Waals surface area contributed by atoms with E-state index in [9.17, 15) is 0 Å². The Hall–Kier alpha value is -0.160. The molecule has 0 aliphatic rings. The highest BCUT2D eigenvalue weighted by molar-refractivity contribution is 4.39. The third-order valence-electron chi connectivity index (χ3n) is 1.58. The van der Waals surface area contributed by atoms with Crippen LogP contribution in [0.15, 0.2) is 0 Å². The summed E-state index contributed by atoms with van der Waals surface area (Å²) >= 11 is 0. The maximum atomic E-state index is 8.49. The van der Waals surface area contributed by atoms with Crippen LogP contribution in [0.3, 0.4) is 0 Å². The zero-order valence-electron chi connectivity index (χ0n) is 8.21. The molecule has 0 aromatic carbocycles. The second-order valence-corrected chi connectivity index (χ2v) is 2.80. The van der Waals surface area contributed by atoms with Gasteiger partial charge in [0.05, 0.1) is 19.8 Å². The zero-order valence-corrected chi connectivity index (χ0v) is 8.21. The molecule has 4 nitrogen and oxygen atoms in total. The third-order valence-corrected chi connectivity index (χ3v) is 1.58. The van der Waals surface area contributed by atoms with E-state index in [1.165, 1.54) is 0 Å². The number of aliphatic hydroxyl groups is 1. The second-order valence-electron chi connectivity index (χ2n) is 2.80. The number of nitrogens with two attached hydrogens (primary N) is 1. The first-order valence-electron chi connectivity index (χ1n) is 4.88. The SMILES string of the molecule is NCCOCCOCCCCCO. The van der Waals surface area contributed by atoms with Gasteiger partial charge in [0.15, 0.2) is 0 Å². The van der Waals surface area contributed by atoms with Crippen molar-refractivity contribution in [2.75, 3.05) is 39.6 Å². The first kappa shape index (κ1) is 12.8. The van der Waals surface area contributed by atoms with Crippen molar-refractivity contribution in [3.63, 3.8) is 0 Å². The molecule has 0 spiro atoms. The van der Waals surface area contributed by atoms with Crippen LogP contribution in [-0.4, -0.2) is 44.7 Å². The molecule has 0 radical (unpaired) electrons. The fraction of sp³-hybridized carbons (Fsp3) is 1.00. The van der Waals surface area contributed by atoms with Crippen LogP contribution < -0.4 is 5.73 Å². The minimum atomic E-state index is 0.277. The van der Waals surface area contributed by atoms with E-state index in [2.05, 4.69) is 0 Å². The Morgan fingerprint density at radius 2 is 1.54 bits per heavy atom. The van der Waals surface area contributed by atoms with Gasteiger partial charge in [-0.2, -0.15) is 0 Å². The molecule has 0 atom stereocenters. The number of hydrogen-bond acceptors (Lipinski definition) is 4. The zero-order chi connectivity index (χ0) is 9.78. The molecule has 0 aromatic heterocycles. The molecule has 0 saturated carbocycles. The van der Waals surface area contributed by atoms with Crippen molar-refractivity contribution >= 4 is 0 Å². The summed E-state index contributed by atoms with van der Waals surface area (Å²) in [6.07, 6.45) is 2.91. The van der Waals surface area contributed by atoms with E-state index in [4.69, 9.17) is 20.3 Å². The summed E-state index contributed by atoms with van der Waals surface area (Å²) in [5.41, 5.74) is 5.23. The number of hydrogen-bond donors (Lipinski definition) is 2. The molecule has 0 aromatic rings. The predicted molar refractivity (Wildman–Crippen MR) is 51.6 cm³/mol. The van der Waals surface area contributed by atoms with Crippen LogP contribution in [0.5, 0.6) is 0 Å². The lowest BCUT2D eigenvalue weighted by atomic mass is 10.2. The Kier molecular flexibility index (Phi) is 11.7. The van der Waals surface area contributed by atoms with Crippen LogP contribution in [0, 0.1) is 0 Å². The number of rotatable bonds is 10. The molecule has 0 amide bonds. The second kappa shape index (κ2) is 11.8. The Balaban J connectivity index is 2.76. The molecule has 0 heterocycles.